The lowest BCUT2D eigenvalue weighted by Gasteiger charge is -2.11. The molecule has 2 N–H and O–H groups in total. The number of aliphatic imine (C=N–C) groups is 2. The van der Waals surface area contributed by atoms with Gasteiger partial charge in [-0.3, -0.25) is 9.98 Å². The van der Waals surface area contributed by atoms with E-state index in [1.165, 1.54) is 38.5 Å². The van der Waals surface area contributed by atoms with Crippen LogP contribution in [-0.2, 0) is 0 Å². The third-order valence-electron chi connectivity index (χ3n) is 4.21. The van der Waals surface area contributed by atoms with Gasteiger partial charge in [-0.1, -0.05) is 12.8 Å². The number of amidine groups is 2. The summed E-state index contributed by atoms with van der Waals surface area (Å²) < 4.78 is 0. The quantitative estimate of drug-likeness (QED) is 0.664. The van der Waals surface area contributed by atoms with Crippen molar-refractivity contribution < 1.29 is 24.8 Å². The fourth-order valence-electron chi connectivity index (χ4n) is 2.92. The van der Waals surface area contributed by atoms with E-state index in [1.807, 2.05) is 0 Å². The van der Waals surface area contributed by atoms with E-state index in [4.69, 9.17) is 0 Å². The van der Waals surface area contributed by atoms with Gasteiger partial charge in [0.25, 0.3) is 0 Å². The molecule has 0 bridgehead atoms. The Morgan fingerprint density at radius 3 is 1.42 bits per heavy atom. The highest BCUT2D eigenvalue weighted by Gasteiger charge is 2.06. The van der Waals surface area contributed by atoms with Gasteiger partial charge in [0, 0.05) is 37.3 Å². The molecule has 2 heterocycles. The topological polar surface area (TPSA) is 48.8 Å². The third kappa shape index (κ3) is 6.70. The molecule has 3 rings (SSSR count). The second-order valence-corrected chi connectivity index (χ2v) is 6.11. The summed E-state index contributed by atoms with van der Waals surface area (Å²) in [6.07, 6.45) is 9.63. The second kappa shape index (κ2) is 11.3. The molecule has 0 spiro atoms. The summed E-state index contributed by atoms with van der Waals surface area (Å²) >= 11 is 0. The molecule has 0 amide bonds. The van der Waals surface area contributed by atoms with Gasteiger partial charge in [-0.25, -0.2) is 0 Å². The van der Waals surface area contributed by atoms with E-state index in [0.29, 0.717) is 0 Å². The summed E-state index contributed by atoms with van der Waals surface area (Å²) in [4.78, 5) is 9.23. The molecule has 2 aliphatic heterocycles. The minimum absolute atomic E-state index is 0. The minimum Gasteiger partial charge on any atom is -1.00 e. The van der Waals surface area contributed by atoms with Crippen LogP contribution in [0.3, 0.4) is 0 Å². The van der Waals surface area contributed by atoms with Gasteiger partial charge in [-0.05, 0) is 49.9 Å². The van der Waals surface area contributed by atoms with Gasteiger partial charge in [0.2, 0.25) is 0 Å². The normalized spacial score (nSPS) is 17.8. The predicted octanol–water partition coefficient (Wildman–Crippen LogP) is -1.54. The predicted molar refractivity (Wildman–Crippen MR) is 95.2 cm³/mol. The van der Waals surface area contributed by atoms with Crippen LogP contribution in [0.5, 0.6) is 0 Å². The molecular formula is C18H26Cl2N4-2. The highest BCUT2D eigenvalue weighted by molar-refractivity contribution is 5.97. The molecule has 0 aromatic heterocycles. The molecule has 0 unspecified atom stereocenters. The maximum Gasteiger partial charge on any atom is 0.101 e. The number of hydrogen-bond acceptors (Lipinski definition) is 4. The summed E-state index contributed by atoms with van der Waals surface area (Å²) in [5.74, 6) is 2.26. The molecule has 0 radical (unpaired) electrons. The van der Waals surface area contributed by atoms with Crippen LogP contribution in [0.1, 0.15) is 51.4 Å². The standard InChI is InChI=1S/C18H26N4.2ClH/c1-3-7-17(19-13-5-1)21-15-9-11-16(12-10-15)22-18-8-4-2-6-14-20-18;;/h9-12H,1-8,13-14H2,(H,19,21)(H,20,22);2*1H/p-2. The Morgan fingerprint density at radius 2 is 1.00 bits per heavy atom. The Morgan fingerprint density at radius 1 is 0.583 bits per heavy atom. The fourth-order valence-corrected chi connectivity index (χ4v) is 2.92. The van der Waals surface area contributed by atoms with E-state index in [-0.39, 0.29) is 24.8 Å². The molecule has 1 aromatic carbocycles. The molecule has 1 aromatic rings. The van der Waals surface area contributed by atoms with Crippen molar-refractivity contribution in [2.75, 3.05) is 23.7 Å². The Balaban J connectivity index is 0.00000144. The number of hydrogen-bond donors (Lipinski definition) is 2. The van der Waals surface area contributed by atoms with Crippen LogP contribution in [0.4, 0.5) is 11.4 Å². The van der Waals surface area contributed by atoms with Gasteiger partial charge in [0.15, 0.2) is 0 Å². The number of anilines is 2. The third-order valence-corrected chi connectivity index (χ3v) is 4.21. The molecule has 0 atom stereocenters. The van der Waals surface area contributed by atoms with Crippen LogP contribution >= 0.6 is 0 Å². The van der Waals surface area contributed by atoms with Crippen LogP contribution in [0.15, 0.2) is 34.3 Å². The summed E-state index contributed by atoms with van der Waals surface area (Å²) in [5, 5.41) is 6.91. The average molecular weight is 369 g/mol. The van der Waals surface area contributed by atoms with Crippen LogP contribution in [-0.4, -0.2) is 24.8 Å². The highest BCUT2D eigenvalue weighted by atomic mass is 35.5. The van der Waals surface area contributed by atoms with Crippen LogP contribution in [0.2, 0.25) is 0 Å². The first-order valence-corrected chi connectivity index (χ1v) is 8.61. The van der Waals surface area contributed by atoms with Gasteiger partial charge < -0.3 is 35.4 Å². The zero-order chi connectivity index (χ0) is 15.0. The molecule has 134 valence electrons. The molecule has 0 saturated heterocycles. The smallest absolute Gasteiger partial charge is 0.101 e. The van der Waals surface area contributed by atoms with E-state index in [1.54, 1.807) is 0 Å². The molecule has 2 aliphatic rings. The summed E-state index contributed by atoms with van der Waals surface area (Å²) in [6.45, 7) is 1.92. The van der Waals surface area contributed by atoms with Crippen molar-refractivity contribution in [3.63, 3.8) is 0 Å². The Labute approximate surface area is 157 Å². The van der Waals surface area contributed by atoms with Crippen molar-refractivity contribution in [3.8, 4) is 0 Å². The van der Waals surface area contributed by atoms with Crippen molar-refractivity contribution in [2.45, 2.75) is 51.4 Å². The summed E-state index contributed by atoms with van der Waals surface area (Å²) in [5.41, 5.74) is 2.24. The van der Waals surface area contributed by atoms with Gasteiger partial charge in [-0.2, -0.15) is 0 Å². The average Bonchev–Trinajstić information content (AvgIpc) is 2.94. The minimum atomic E-state index is 0. The zero-order valence-corrected chi connectivity index (χ0v) is 15.5. The lowest BCUT2D eigenvalue weighted by atomic mass is 10.2. The number of nitrogens with zero attached hydrogens (tertiary/aromatic N) is 2. The molecule has 24 heavy (non-hydrogen) atoms. The van der Waals surface area contributed by atoms with Crippen molar-refractivity contribution in [1.82, 2.24) is 0 Å². The van der Waals surface area contributed by atoms with Crippen LogP contribution in [0.25, 0.3) is 0 Å². The first-order chi connectivity index (χ1) is 10.9. The maximum absolute atomic E-state index is 4.62. The Kier molecular flexibility index (Phi) is 9.80. The van der Waals surface area contributed by atoms with E-state index in [9.17, 15) is 0 Å². The number of halogens is 2. The van der Waals surface area contributed by atoms with Crippen molar-refractivity contribution in [1.29, 1.82) is 0 Å². The fraction of sp³-hybridized carbons (Fsp3) is 0.556. The number of benzene rings is 1. The van der Waals surface area contributed by atoms with Crippen molar-refractivity contribution in [2.24, 2.45) is 9.98 Å². The van der Waals surface area contributed by atoms with Gasteiger partial charge in [-0.15, -0.1) is 0 Å². The van der Waals surface area contributed by atoms with Crippen LogP contribution in [0, 0.1) is 0 Å². The first-order valence-electron chi connectivity index (χ1n) is 8.61. The summed E-state index contributed by atoms with van der Waals surface area (Å²) in [7, 11) is 0. The lowest BCUT2D eigenvalue weighted by molar-refractivity contribution is -0.001000. The number of nitrogens with one attached hydrogen (secondary N) is 2. The van der Waals surface area contributed by atoms with Crippen LogP contribution < -0.4 is 35.4 Å². The van der Waals surface area contributed by atoms with Gasteiger partial charge in [0.05, 0.1) is 0 Å². The number of rotatable bonds is 2. The monoisotopic (exact) mass is 368 g/mol. The molecule has 0 aliphatic carbocycles. The van der Waals surface area contributed by atoms with E-state index in [2.05, 4.69) is 44.9 Å². The van der Waals surface area contributed by atoms with Crippen molar-refractivity contribution in [3.05, 3.63) is 24.3 Å². The van der Waals surface area contributed by atoms with Gasteiger partial charge in [0.1, 0.15) is 11.7 Å². The lowest BCUT2D eigenvalue weighted by Crippen LogP contribution is -3.00. The van der Waals surface area contributed by atoms with Crippen molar-refractivity contribution >= 4 is 23.0 Å². The molecular weight excluding hydrogens is 343 g/mol. The zero-order valence-electron chi connectivity index (χ0n) is 14.0. The first kappa shape index (κ1) is 20.8. The molecule has 0 saturated carbocycles. The summed E-state index contributed by atoms with van der Waals surface area (Å²) in [6, 6.07) is 8.47. The van der Waals surface area contributed by atoms with Gasteiger partial charge >= 0.3 is 0 Å². The Hall–Kier alpha value is -1.26. The maximum atomic E-state index is 4.62. The molecule has 4 nitrogen and oxygen atoms in total. The van der Waals surface area contributed by atoms with E-state index in [0.717, 1.165) is 49.0 Å². The van der Waals surface area contributed by atoms with E-state index >= 15 is 0 Å². The highest BCUT2D eigenvalue weighted by Crippen LogP contribution is 2.17. The van der Waals surface area contributed by atoms with E-state index < -0.39 is 0 Å². The molecule has 6 heteroatoms. The second-order valence-electron chi connectivity index (χ2n) is 6.11. The largest absolute Gasteiger partial charge is 1.00 e. The Bertz CT molecular complexity index is 491. The molecule has 0 fully saturated rings. The SMILES string of the molecule is [Cl-].[Cl-].c1cc(NC2=NCCCCC2)ccc1NC1=NCCCCC1.